The summed E-state index contributed by atoms with van der Waals surface area (Å²) in [5.74, 6) is 1.34. The summed E-state index contributed by atoms with van der Waals surface area (Å²) in [6, 6.07) is 12.9. The Kier molecular flexibility index (Phi) is 7.41. The number of nitriles is 1. The molecule has 2 aromatic heterocycles. The molecule has 1 saturated heterocycles. The second-order valence-electron chi connectivity index (χ2n) is 10.4. The van der Waals surface area contributed by atoms with E-state index in [1.807, 2.05) is 17.9 Å². The van der Waals surface area contributed by atoms with E-state index in [1.165, 1.54) is 6.33 Å². The first-order valence-electron chi connectivity index (χ1n) is 13.7. The molecular weight excluding hydrogens is 536 g/mol. The van der Waals surface area contributed by atoms with Crippen LogP contribution in [0.4, 0.5) is 11.6 Å². The molecule has 1 amide bonds. The number of hydrogen-bond acceptors (Lipinski definition) is 10. The molecule has 1 N–H and O–H groups in total. The van der Waals surface area contributed by atoms with Gasteiger partial charge in [-0.05, 0) is 55.7 Å². The quantitative estimate of drug-likeness (QED) is 0.318. The standard InChI is InChI=1S/C30H30N8O4/c1-20(16-37-19-32-18-35-37)42-26-11-21(3-4-23(26)13-31)24-14-33-29(34-15-24)36-25-6-5-22(12-27(25)40-2)28(39)38-9-10-41-17-30(38)7-8-30/h3-6,11-12,14-15,18-20H,7-10,16-17H2,1-2H3,(H,33,34,36)/t20-/m0/s1. The lowest BCUT2D eigenvalue weighted by atomic mass is 10.1. The third kappa shape index (κ3) is 5.59. The fourth-order valence-electron chi connectivity index (χ4n) is 5.09. The van der Waals surface area contributed by atoms with Gasteiger partial charge in [-0.15, -0.1) is 0 Å². The summed E-state index contributed by atoms with van der Waals surface area (Å²) in [4.78, 5) is 28.1. The van der Waals surface area contributed by atoms with Crippen LogP contribution in [0.5, 0.6) is 11.5 Å². The van der Waals surface area contributed by atoms with E-state index >= 15 is 0 Å². The molecule has 6 rings (SSSR count). The molecule has 4 aromatic rings. The van der Waals surface area contributed by atoms with Gasteiger partial charge in [0.05, 0.1) is 43.7 Å². The number of rotatable bonds is 9. The molecule has 1 spiro atoms. The normalized spacial score (nSPS) is 16.0. The lowest BCUT2D eigenvalue weighted by molar-refractivity contribution is -0.0117. The number of nitrogens with one attached hydrogen (secondary N) is 1. The highest BCUT2D eigenvalue weighted by Gasteiger charge is 2.52. The summed E-state index contributed by atoms with van der Waals surface area (Å²) < 4.78 is 18.9. The summed E-state index contributed by atoms with van der Waals surface area (Å²) in [5, 5.41) is 16.9. The largest absolute Gasteiger partial charge is 0.495 e. The Balaban J connectivity index is 1.15. The third-order valence-corrected chi connectivity index (χ3v) is 7.50. The molecule has 214 valence electrons. The van der Waals surface area contributed by atoms with Crippen LogP contribution in [0.1, 0.15) is 35.7 Å². The van der Waals surface area contributed by atoms with Crippen molar-refractivity contribution in [2.45, 2.75) is 38.0 Å². The number of carbonyl (C=O) groups is 1. The average Bonchev–Trinajstić information content (AvgIpc) is 3.58. The maximum Gasteiger partial charge on any atom is 0.254 e. The van der Waals surface area contributed by atoms with Gasteiger partial charge >= 0.3 is 0 Å². The van der Waals surface area contributed by atoms with Crippen LogP contribution in [0.3, 0.4) is 0 Å². The van der Waals surface area contributed by atoms with Gasteiger partial charge in [0.2, 0.25) is 5.95 Å². The van der Waals surface area contributed by atoms with E-state index in [0.717, 1.165) is 24.0 Å². The third-order valence-electron chi connectivity index (χ3n) is 7.50. The number of nitrogens with zero attached hydrogens (tertiary/aromatic N) is 7. The first-order chi connectivity index (χ1) is 20.5. The highest BCUT2D eigenvalue weighted by molar-refractivity contribution is 5.96. The number of carbonyl (C=O) groups excluding carboxylic acids is 1. The van der Waals surface area contributed by atoms with Gasteiger partial charge in [0.1, 0.15) is 36.3 Å². The van der Waals surface area contributed by atoms with Crippen LogP contribution in [-0.4, -0.2) is 74.1 Å². The lowest BCUT2D eigenvalue weighted by Crippen LogP contribution is -2.50. The number of aromatic nitrogens is 5. The second kappa shape index (κ2) is 11.5. The van der Waals surface area contributed by atoms with E-state index in [2.05, 4.69) is 31.4 Å². The van der Waals surface area contributed by atoms with Crippen molar-refractivity contribution in [2.75, 3.05) is 32.2 Å². The molecule has 0 radical (unpaired) electrons. The molecule has 3 heterocycles. The van der Waals surface area contributed by atoms with E-state index in [0.29, 0.717) is 60.6 Å². The molecule has 0 bridgehead atoms. The maximum absolute atomic E-state index is 13.3. The Hall–Kier alpha value is -5.02. The molecule has 1 saturated carbocycles. The monoisotopic (exact) mass is 566 g/mol. The molecule has 12 nitrogen and oxygen atoms in total. The van der Waals surface area contributed by atoms with Crippen molar-refractivity contribution in [3.8, 4) is 28.7 Å². The lowest BCUT2D eigenvalue weighted by Gasteiger charge is -2.36. The molecule has 42 heavy (non-hydrogen) atoms. The zero-order valence-corrected chi connectivity index (χ0v) is 23.4. The zero-order chi connectivity index (χ0) is 29.1. The van der Waals surface area contributed by atoms with Crippen molar-refractivity contribution in [2.24, 2.45) is 0 Å². The van der Waals surface area contributed by atoms with Crippen LogP contribution in [0.15, 0.2) is 61.4 Å². The minimum Gasteiger partial charge on any atom is -0.495 e. The van der Waals surface area contributed by atoms with E-state index in [-0.39, 0.29) is 17.6 Å². The van der Waals surface area contributed by atoms with Crippen LogP contribution in [0.25, 0.3) is 11.1 Å². The van der Waals surface area contributed by atoms with Crippen molar-refractivity contribution in [1.29, 1.82) is 5.26 Å². The summed E-state index contributed by atoms with van der Waals surface area (Å²) in [6.45, 7) is 4.14. The Morgan fingerprint density at radius 1 is 1.17 bits per heavy atom. The molecule has 1 aliphatic carbocycles. The number of hydrogen-bond donors (Lipinski definition) is 1. The van der Waals surface area contributed by atoms with Crippen LogP contribution < -0.4 is 14.8 Å². The number of amides is 1. The summed E-state index contributed by atoms with van der Waals surface area (Å²) in [7, 11) is 1.56. The number of ether oxygens (including phenoxy) is 3. The van der Waals surface area contributed by atoms with E-state index < -0.39 is 0 Å². The smallest absolute Gasteiger partial charge is 0.254 e. The van der Waals surface area contributed by atoms with Crippen molar-refractivity contribution in [1.82, 2.24) is 29.6 Å². The summed E-state index contributed by atoms with van der Waals surface area (Å²) in [5.41, 5.74) is 3.05. The molecule has 1 aliphatic heterocycles. The van der Waals surface area contributed by atoms with Crippen LogP contribution in [0.2, 0.25) is 0 Å². The number of methoxy groups -OCH3 is 1. The Labute approximate surface area is 242 Å². The van der Waals surface area contributed by atoms with Crippen LogP contribution in [0, 0.1) is 11.3 Å². The summed E-state index contributed by atoms with van der Waals surface area (Å²) >= 11 is 0. The van der Waals surface area contributed by atoms with E-state index in [1.54, 1.807) is 60.8 Å². The average molecular weight is 567 g/mol. The van der Waals surface area contributed by atoms with Gasteiger partial charge in [0.15, 0.2) is 0 Å². The Bertz CT molecular complexity index is 1610. The van der Waals surface area contributed by atoms with Gasteiger partial charge in [-0.3, -0.25) is 4.79 Å². The van der Waals surface area contributed by atoms with Crippen molar-refractivity contribution in [3.63, 3.8) is 0 Å². The first-order valence-corrected chi connectivity index (χ1v) is 13.7. The second-order valence-corrected chi connectivity index (χ2v) is 10.4. The van der Waals surface area contributed by atoms with Gasteiger partial charge in [-0.2, -0.15) is 10.4 Å². The zero-order valence-electron chi connectivity index (χ0n) is 23.4. The topological polar surface area (TPSA) is 140 Å². The molecule has 1 atom stereocenters. The number of benzene rings is 2. The van der Waals surface area contributed by atoms with Gasteiger partial charge in [-0.25, -0.2) is 19.6 Å². The Morgan fingerprint density at radius 3 is 2.71 bits per heavy atom. The molecular formula is C30H30N8O4. The summed E-state index contributed by atoms with van der Waals surface area (Å²) in [6.07, 6.45) is 8.18. The van der Waals surface area contributed by atoms with Crippen molar-refractivity contribution in [3.05, 3.63) is 72.6 Å². The van der Waals surface area contributed by atoms with Gasteiger partial charge in [0.25, 0.3) is 5.91 Å². The highest BCUT2D eigenvalue weighted by Crippen LogP contribution is 2.44. The first kappa shape index (κ1) is 27.2. The van der Waals surface area contributed by atoms with Gasteiger partial charge < -0.3 is 24.4 Å². The predicted octanol–water partition coefficient (Wildman–Crippen LogP) is 3.83. The highest BCUT2D eigenvalue weighted by atomic mass is 16.5. The van der Waals surface area contributed by atoms with E-state index in [9.17, 15) is 10.1 Å². The fraction of sp³-hybridized carbons (Fsp3) is 0.333. The minimum atomic E-state index is -0.239. The van der Waals surface area contributed by atoms with Crippen LogP contribution >= 0.6 is 0 Å². The molecule has 2 aliphatic rings. The fourth-order valence-corrected chi connectivity index (χ4v) is 5.09. The van der Waals surface area contributed by atoms with Gasteiger partial charge in [0, 0.05) is 30.1 Å². The SMILES string of the molecule is COc1cc(C(=O)N2CCOCC23CC3)ccc1Nc1ncc(-c2ccc(C#N)c(O[C@@H](C)Cn3cncn3)c2)cn1. The number of anilines is 2. The molecule has 2 aromatic carbocycles. The minimum absolute atomic E-state index is 0.0141. The Morgan fingerprint density at radius 2 is 2.00 bits per heavy atom. The molecule has 12 heteroatoms. The van der Waals surface area contributed by atoms with Gasteiger partial charge in [-0.1, -0.05) is 6.07 Å². The predicted molar refractivity (Wildman–Crippen MR) is 152 cm³/mol. The van der Waals surface area contributed by atoms with Crippen LogP contribution in [-0.2, 0) is 11.3 Å². The molecule has 0 unspecified atom stereocenters. The number of morpholine rings is 1. The molecule has 2 fully saturated rings. The van der Waals surface area contributed by atoms with Crippen molar-refractivity contribution < 1.29 is 19.0 Å². The van der Waals surface area contributed by atoms with Crippen molar-refractivity contribution >= 4 is 17.5 Å². The maximum atomic E-state index is 13.3. The van der Waals surface area contributed by atoms with E-state index in [4.69, 9.17) is 14.2 Å².